The molecule has 2 aromatic carbocycles. The molecule has 0 saturated heterocycles. The van der Waals surface area contributed by atoms with Gasteiger partial charge in [-0.15, -0.1) is 0 Å². The van der Waals surface area contributed by atoms with E-state index >= 15 is 0 Å². The van der Waals surface area contributed by atoms with Gasteiger partial charge in [0, 0.05) is 35.8 Å². The average molecular weight is 493 g/mol. The molecule has 0 unspecified atom stereocenters. The van der Waals surface area contributed by atoms with Crippen molar-refractivity contribution in [2.45, 2.75) is 77.3 Å². The van der Waals surface area contributed by atoms with Crippen molar-refractivity contribution in [1.82, 2.24) is 9.47 Å². The molecule has 0 spiro atoms. The molecule has 0 N–H and O–H groups in total. The molecule has 0 aliphatic carbocycles. The molecule has 5 heteroatoms. The van der Waals surface area contributed by atoms with Crippen molar-refractivity contribution in [2.75, 3.05) is 27.8 Å². The minimum atomic E-state index is 0.743. The molecule has 196 valence electrons. The van der Waals surface area contributed by atoms with Gasteiger partial charge in [0.25, 0.3) is 0 Å². The molecule has 0 aliphatic rings. The first-order valence-electron chi connectivity index (χ1n) is 13.6. The van der Waals surface area contributed by atoms with E-state index in [4.69, 9.17) is 9.47 Å². The van der Waals surface area contributed by atoms with E-state index in [9.17, 15) is 4.79 Å². The van der Waals surface area contributed by atoms with Gasteiger partial charge in [0.05, 0.1) is 14.2 Å². The molecule has 36 heavy (non-hydrogen) atoms. The molecule has 5 nitrogen and oxygen atoms in total. The molecule has 0 radical (unpaired) electrons. The van der Waals surface area contributed by atoms with E-state index in [1.54, 1.807) is 14.2 Å². The molecular weight excluding hydrogens is 448 g/mol. The topological polar surface area (TPSA) is 43.7 Å². The first-order chi connectivity index (χ1) is 17.6. The molecular formula is C31H44N2O3. The zero-order chi connectivity index (χ0) is 25.6. The van der Waals surface area contributed by atoms with Crippen molar-refractivity contribution in [1.29, 1.82) is 0 Å². The lowest BCUT2D eigenvalue weighted by atomic mass is 10.1. The summed E-state index contributed by atoms with van der Waals surface area (Å²) in [6, 6.07) is 14.4. The number of unbranched alkanes of at least 4 members (excludes halogenated alkanes) is 9. The second kappa shape index (κ2) is 15.4. The van der Waals surface area contributed by atoms with E-state index in [-0.39, 0.29) is 0 Å². The monoisotopic (exact) mass is 492 g/mol. The number of fused-ring (bicyclic) bond motifs is 1. The number of methoxy groups -OCH3 is 2. The molecule has 0 saturated carbocycles. The van der Waals surface area contributed by atoms with Gasteiger partial charge in [-0.05, 0) is 62.3 Å². The fraction of sp³-hybridized carbons (Fsp3) is 0.516. The highest BCUT2D eigenvalue weighted by Gasteiger charge is 2.09. The molecule has 0 fully saturated rings. The Morgan fingerprint density at radius 1 is 0.778 bits per heavy atom. The Bertz CT molecular complexity index is 1040. The minimum Gasteiger partial charge on any atom is -0.497 e. The Labute approximate surface area is 217 Å². The van der Waals surface area contributed by atoms with Crippen LogP contribution in [0.5, 0.6) is 11.5 Å². The molecule has 3 rings (SSSR count). The first kappa shape index (κ1) is 27.8. The Kier molecular flexibility index (Phi) is 11.9. The largest absolute Gasteiger partial charge is 0.497 e. The number of hydrogen-bond acceptors (Lipinski definition) is 4. The smallest absolute Gasteiger partial charge is 0.152 e. The lowest BCUT2D eigenvalue weighted by molar-refractivity contribution is 0.112. The van der Waals surface area contributed by atoms with Crippen molar-refractivity contribution >= 4 is 17.2 Å². The number of benzene rings is 2. The molecule has 0 bridgehead atoms. The number of aryl methyl sites for hydroxylation is 1. The molecule has 0 amide bonds. The third-order valence-corrected chi connectivity index (χ3v) is 7.05. The lowest BCUT2D eigenvalue weighted by Gasteiger charge is -2.16. The van der Waals surface area contributed by atoms with Gasteiger partial charge in [-0.3, -0.25) is 4.79 Å². The summed E-state index contributed by atoms with van der Waals surface area (Å²) >= 11 is 0. The van der Waals surface area contributed by atoms with Crippen LogP contribution in [-0.2, 0) is 13.1 Å². The number of nitrogens with zero attached hydrogens (tertiary/aromatic N) is 2. The van der Waals surface area contributed by atoms with Crippen LogP contribution in [0.15, 0.2) is 48.7 Å². The van der Waals surface area contributed by atoms with Crippen molar-refractivity contribution in [3.63, 3.8) is 0 Å². The molecule has 1 heterocycles. The van der Waals surface area contributed by atoms with Gasteiger partial charge in [0.15, 0.2) is 6.29 Å². The van der Waals surface area contributed by atoms with Gasteiger partial charge in [0.2, 0.25) is 0 Å². The normalized spacial score (nSPS) is 11.3. The molecule has 1 aromatic heterocycles. The summed E-state index contributed by atoms with van der Waals surface area (Å²) in [5.41, 5.74) is 3.20. The number of carbonyl (C=O) groups excluding carboxylic acids is 1. The summed E-state index contributed by atoms with van der Waals surface area (Å²) in [5, 5.41) is 0.980. The summed E-state index contributed by atoms with van der Waals surface area (Å²) in [7, 11) is 5.57. The lowest BCUT2D eigenvalue weighted by Crippen LogP contribution is -2.19. The van der Waals surface area contributed by atoms with Gasteiger partial charge in [0.1, 0.15) is 11.5 Å². The fourth-order valence-corrected chi connectivity index (χ4v) is 4.91. The van der Waals surface area contributed by atoms with Crippen molar-refractivity contribution in [3.05, 3.63) is 59.8 Å². The van der Waals surface area contributed by atoms with E-state index < -0.39 is 0 Å². The van der Waals surface area contributed by atoms with E-state index in [1.807, 2.05) is 30.5 Å². The number of ether oxygens (including phenoxy) is 2. The van der Waals surface area contributed by atoms with E-state index in [2.05, 4.69) is 34.7 Å². The van der Waals surface area contributed by atoms with Crippen molar-refractivity contribution < 1.29 is 14.3 Å². The summed E-state index contributed by atoms with van der Waals surface area (Å²) in [6.07, 6.45) is 15.9. The standard InChI is InChI=1S/C31H44N2O3/c1-32(23-26-14-16-28(35-2)17-15-26)20-12-10-8-6-4-5-7-9-11-13-21-33-24-27(25-34)30-22-29(36-3)18-19-31(30)33/h14-19,22,24-25H,4-13,20-21,23H2,1-3H3. The Morgan fingerprint density at radius 3 is 1.97 bits per heavy atom. The summed E-state index contributed by atoms with van der Waals surface area (Å²) < 4.78 is 12.8. The first-order valence-corrected chi connectivity index (χ1v) is 13.6. The van der Waals surface area contributed by atoms with Crippen molar-refractivity contribution in [2.24, 2.45) is 0 Å². The van der Waals surface area contributed by atoms with Crippen LogP contribution in [-0.4, -0.2) is 43.6 Å². The highest BCUT2D eigenvalue weighted by atomic mass is 16.5. The number of carbonyl (C=O) groups is 1. The Hall–Kier alpha value is -2.79. The highest BCUT2D eigenvalue weighted by Crippen LogP contribution is 2.26. The second-order valence-electron chi connectivity index (χ2n) is 9.90. The van der Waals surface area contributed by atoms with E-state index in [1.165, 1.54) is 63.4 Å². The maximum Gasteiger partial charge on any atom is 0.152 e. The number of aromatic nitrogens is 1. The number of aldehydes is 1. The molecule has 3 aromatic rings. The second-order valence-corrected chi connectivity index (χ2v) is 9.90. The zero-order valence-electron chi connectivity index (χ0n) is 22.5. The van der Waals surface area contributed by atoms with E-state index in [0.29, 0.717) is 0 Å². The summed E-state index contributed by atoms with van der Waals surface area (Å²) in [4.78, 5) is 13.9. The zero-order valence-corrected chi connectivity index (χ0v) is 22.5. The number of hydrogen-bond donors (Lipinski definition) is 0. The van der Waals surface area contributed by atoms with Crippen molar-refractivity contribution in [3.8, 4) is 11.5 Å². The predicted octanol–water partition coefficient (Wildman–Crippen LogP) is 7.50. The average Bonchev–Trinajstić information content (AvgIpc) is 3.26. The van der Waals surface area contributed by atoms with Crippen LogP contribution in [0.1, 0.15) is 80.1 Å². The quantitative estimate of drug-likeness (QED) is 0.136. The predicted molar refractivity (Wildman–Crippen MR) is 149 cm³/mol. The third-order valence-electron chi connectivity index (χ3n) is 7.05. The highest BCUT2D eigenvalue weighted by molar-refractivity contribution is 5.98. The van der Waals surface area contributed by atoms with Gasteiger partial charge < -0.3 is 18.9 Å². The van der Waals surface area contributed by atoms with Gasteiger partial charge in [-0.2, -0.15) is 0 Å². The van der Waals surface area contributed by atoms with Crippen LogP contribution >= 0.6 is 0 Å². The van der Waals surface area contributed by atoms with Crippen LogP contribution < -0.4 is 9.47 Å². The molecule has 0 aliphatic heterocycles. The van der Waals surface area contributed by atoms with Gasteiger partial charge in [-0.1, -0.05) is 63.5 Å². The fourth-order valence-electron chi connectivity index (χ4n) is 4.91. The van der Waals surface area contributed by atoms with Gasteiger partial charge in [-0.25, -0.2) is 0 Å². The van der Waals surface area contributed by atoms with Crippen LogP contribution in [0.2, 0.25) is 0 Å². The maximum absolute atomic E-state index is 11.4. The maximum atomic E-state index is 11.4. The van der Waals surface area contributed by atoms with Crippen LogP contribution in [0, 0.1) is 0 Å². The summed E-state index contributed by atoms with van der Waals surface area (Å²) in [6.45, 7) is 3.12. The third kappa shape index (κ3) is 8.70. The number of rotatable bonds is 18. The SMILES string of the molecule is COc1ccc(CN(C)CCCCCCCCCCCCn2cc(C=O)c3cc(OC)ccc32)cc1. The molecule has 0 atom stereocenters. The van der Waals surface area contributed by atoms with Crippen LogP contribution in [0.25, 0.3) is 10.9 Å². The van der Waals surface area contributed by atoms with Gasteiger partial charge >= 0.3 is 0 Å². The Balaban J connectivity index is 1.18. The summed E-state index contributed by atoms with van der Waals surface area (Å²) in [5.74, 6) is 1.71. The van der Waals surface area contributed by atoms with E-state index in [0.717, 1.165) is 60.3 Å². The minimum absolute atomic E-state index is 0.743. The Morgan fingerprint density at radius 2 is 1.36 bits per heavy atom. The van der Waals surface area contributed by atoms with Crippen LogP contribution in [0.3, 0.4) is 0 Å². The van der Waals surface area contributed by atoms with Crippen LogP contribution in [0.4, 0.5) is 0 Å².